The maximum atomic E-state index is 10.7. The summed E-state index contributed by atoms with van der Waals surface area (Å²) in [6.07, 6.45) is -0.250. The van der Waals surface area contributed by atoms with Crippen molar-refractivity contribution in [3.8, 4) is 11.8 Å². The number of thiophene rings is 1. The van der Waals surface area contributed by atoms with Gasteiger partial charge in [0.05, 0.1) is 11.5 Å². The molecule has 0 aliphatic carbocycles. The largest absolute Gasteiger partial charge is 0.477 e. The van der Waals surface area contributed by atoms with Crippen LogP contribution in [0, 0.1) is 11.8 Å². The molecule has 90 valence electrons. The Morgan fingerprint density at radius 2 is 2.35 bits per heavy atom. The highest BCUT2D eigenvalue weighted by Crippen LogP contribution is 2.22. The van der Waals surface area contributed by atoms with Crippen molar-refractivity contribution >= 4 is 17.3 Å². The third-order valence-corrected chi connectivity index (χ3v) is 3.17. The van der Waals surface area contributed by atoms with Crippen molar-refractivity contribution in [2.45, 2.75) is 25.7 Å². The molecule has 2 rings (SSSR count). The SMILES string of the molecule is CC1(C)OC[C@H](C#Cc2ccc(C(=O)O)s2)O1. The molecule has 1 N–H and O–H groups in total. The lowest BCUT2D eigenvalue weighted by molar-refractivity contribution is -0.132. The van der Waals surface area contributed by atoms with Crippen LogP contribution in [0.4, 0.5) is 0 Å². The summed E-state index contributed by atoms with van der Waals surface area (Å²) in [4.78, 5) is 11.7. The zero-order valence-corrected chi connectivity index (χ0v) is 10.3. The molecule has 2 heterocycles. The predicted octanol–water partition coefficient (Wildman–Crippen LogP) is 1.95. The molecule has 1 aliphatic rings. The van der Waals surface area contributed by atoms with Gasteiger partial charge in [0.1, 0.15) is 11.0 Å². The molecule has 0 saturated carbocycles. The normalized spacial score (nSPS) is 21.9. The van der Waals surface area contributed by atoms with Crippen LogP contribution in [-0.4, -0.2) is 29.6 Å². The van der Waals surface area contributed by atoms with Crippen LogP contribution in [-0.2, 0) is 9.47 Å². The van der Waals surface area contributed by atoms with Crippen LogP contribution >= 0.6 is 11.3 Å². The first-order valence-electron chi connectivity index (χ1n) is 5.13. The van der Waals surface area contributed by atoms with Crippen LogP contribution in [0.3, 0.4) is 0 Å². The Labute approximate surface area is 103 Å². The average molecular weight is 252 g/mol. The lowest BCUT2D eigenvalue weighted by Gasteiger charge is -2.14. The molecule has 1 fully saturated rings. The van der Waals surface area contributed by atoms with E-state index in [9.17, 15) is 4.79 Å². The van der Waals surface area contributed by atoms with Crippen LogP contribution in [0.25, 0.3) is 0 Å². The molecule has 1 saturated heterocycles. The van der Waals surface area contributed by atoms with E-state index in [1.807, 2.05) is 13.8 Å². The van der Waals surface area contributed by atoms with E-state index in [1.54, 1.807) is 12.1 Å². The molecule has 1 aromatic rings. The minimum atomic E-state index is -0.926. The molecule has 0 bridgehead atoms. The summed E-state index contributed by atoms with van der Waals surface area (Å²) in [5.41, 5.74) is 0. The minimum absolute atomic E-state index is 0.250. The second-order valence-electron chi connectivity index (χ2n) is 4.06. The maximum absolute atomic E-state index is 10.7. The lowest BCUT2D eigenvalue weighted by atomic mass is 10.3. The van der Waals surface area contributed by atoms with Crippen LogP contribution in [0.1, 0.15) is 28.4 Å². The number of hydrogen-bond acceptors (Lipinski definition) is 4. The minimum Gasteiger partial charge on any atom is -0.477 e. The van der Waals surface area contributed by atoms with E-state index in [2.05, 4.69) is 11.8 Å². The van der Waals surface area contributed by atoms with Gasteiger partial charge in [0.15, 0.2) is 5.79 Å². The number of carbonyl (C=O) groups is 1. The first-order chi connectivity index (χ1) is 7.96. The molecular formula is C12H12O4S. The van der Waals surface area contributed by atoms with Crippen LogP contribution < -0.4 is 0 Å². The first-order valence-corrected chi connectivity index (χ1v) is 5.94. The number of rotatable bonds is 1. The first kappa shape index (κ1) is 12.1. The quantitative estimate of drug-likeness (QED) is 0.776. The molecule has 17 heavy (non-hydrogen) atoms. The summed E-state index contributed by atoms with van der Waals surface area (Å²) < 4.78 is 10.9. The monoisotopic (exact) mass is 252 g/mol. The fraction of sp³-hybridized carbons (Fsp3) is 0.417. The summed E-state index contributed by atoms with van der Waals surface area (Å²) >= 11 is 1.15. The van der Waals surface area contributed by atoms with Gasteiger partial charge in [0, 0.05) is 0 Å². The summed E-state index contributed by atoms with van der Waals surface area (Å²) in [5.74, 6) is 4.32. The third kappa shape index (κ3) is 3.07. The van der Waals surface area contributed by atoms with Crippen molar-refractivity contribution in [3.05, 3.63) is 21.9 Å². The summed E-state index contributed by atoms with van der Waals surface area (Å²) in [5, 5.41) is 8.76. The van der Waals surface area contributed by atoms with E-state index in [4.69, 9.17) is 14.6 Å². The topological polar surface area (TPSA) is 55.8 Å². The van der Waals surface area contributed by atoms with Gasteiger partial charge in [-0.3, -0.25) is 0 Å². The van der Waals surface area contributed by atoms with Crippen molar-refractivity contribution in [3.63, 3.8) is 0 Å². The fourth-order valence-corrected chi connectivity index (χ4v) is 2.14. The summed E-state index contributed by atoms with van der Waals surface area (Å²) in [6.45, 7) is 4.11. The average Bonchev–Trinajstić information content (AvgIpc) is 2.81. The van der Waals surface area contributed by atoms with E-state index >= 15 is 0 Å². The molecule has 5 heteroatoms. The number of carboxylic acids is 1. The highest BCUT2D eigenvalue weighted by atomic mass is 32.1. The highest BCUT2D eigenvalue weighted by Gasteiger charge is 2.31. The van der Waals surface area contributed by atoms with Gasteiger partial charge in [-0.05, 0) is 26.0 Å². The molecule has 1 aromatic heterocycles. The Kier molecular flexibility index (Phi) is 3.20. The maximum Gasteiger partial charge on any atom is 0.345 e. The van der Waals surface area contributed by atoms with E-state index in [-0.39, 0.29) is 6.10 Å². The van der Waals surface area contributed by atoms with Gasteiger partial charge in [-0.15, -0.1) is 11.3 Å². The zero-order valence-electron chi connectivity index (χ0n) is 9.52. The standard InChI is InChI=1S/C12H12O4S/c1-12(2)15-7-8(16-12)3-4-9-5-6-10(17-9)11(13)14/h5-6,8H,7H2,1-2H3,(H,13,14)/t8-/m0/s1. The Morgan fingerprint density at radius 3 is 2.88 bits per heavy atom. The second-order valence-corrected chi connectivity index (χ2v) is 5.14. The van der Waals surface area contributed by atoms with Gasteiger partial charge in [0.2, 0.25) is 0 Å². The Hall–Kier alpha value is -1.35. The van der Waals surface area contributed by atoms with Gasteiger partial charge in [0.25, 0.3) is 0 Å². The molecule has 0 radical (unpaired) electrons. The van der Waals surface area contributed by atoms with E-state index in [0.29, 0.717) is 11.5 Å². The Balaban J connectivity index is 2.04. The molecule has 1 aliphatic heterocycles. The van der Waals surface area contributed by atoms with Gasteiger partial charge >= 0.3 is 5.97 Å². The smallest absolute Gasteiger partial charge is 0.345 e. The summed E-state index contributed by atoms with van der Waals surface area (Å²) in [6, 6.07) is 3.25. The van der Waals surface area contributed by atoms with Crippen molar-refractivity contribution in [1.29, 1.82) is 0 Å². The molecule has 0 amide bonds. The zero-order chi connectivity index (χ0) is 12.5. The molecule has 4 nitrogen and oxygen atoms in total. The van der Waals surface area contributed by atoms with E-state index in [1.165, 1.54) is 0 Å². The van der Waals surface area contributed by atoms with Crippen molar-refractivity contribution in [1.82, 2.24) is 0 Å². The molecule has 0 spiro atoms. The summed E-state index contributed by atoms with van der Waals surface area (Å²) in [7, 11) is 0. The second kappa shape index (κ2) is 4.49. The van der Waals surface area contributed by atoms with Crippen molar-refractivity contribution in [2.75, 3.05) is 6.61 Å². The van der Waals surface area contributed by atoms with Crippen LogP contribution in [0.5, 0.6) is 0 Å². The van der Waals surface area contributed by atoms with Gasteiger partial charge < -0.3 is 14.6 Å². The number of carboxylic acid groups (broad SMARTS) is 1. The highest BCUT2D eigenvalue weighted by molar-refractivity contribution is 7.14. The third-order valence-electron chi connectivity index (χ3n) is 2.18. The molecular weight excluding hydrogens is 240 g/mol. The number of ether oxygens (including phenoxy) is 2. The van der Waals surface area contributed by atoms with E-state index < -0.39 is 11.8 Å². The number of aromatic carboxylic acids is 1. The predicted molar refractivity (Wildman–Crippen MR) is 63.1 cm³/mol. The van der Waals surface area contributed by atoms with Crippen LogP contribution in [0.2, 0.25) is 0 Å². The van der Waals surface area contributed by atoms with Gasteiger partial charge in [-0.2, -0.15) is 0 Å². The Bertz CT molecular complexity index is 492. The van der Waals surface area contributed by atoms with Crippen molar-refractivity contribution < 1.29 is 19.4 Å². The molecule has 1 atom stereocenters. The van der Waals surface area contributed by atoms with Gasteiger partial charge in [-0.25, -0.2) is 4.79 Å². The number of hydrogen-bond donors (Lipinski definition) is 1. The molecule has 0 unspecified atom stereocenters. The lowest BCUT2D eigenvalue weighted by Crippen LogP contribution is -2.20. The fourth-order valence-electron chi connectivity index (χ4n) is 1.43. The van der Waals surface area contributed by atoms with Crippen LogP contribution in [0.15, 0.2) is 12.1 Å². The van der Waals surface area contributed by atoms with E-state index in [0.717, 1.165) is 16.2 Å². The Morgan fingerprint density at radius 1 is 1.59 bits per heavy atom. The molecule has 0 aromatic carbocycles. The van der Waals surface area contributed by atoms with Gasteiger partial charge in [-0.1, -0.05) is 11.8 Å². The van der Waals surface area contributed by atoms with Crippen molar-refractivity contribution in [2.24, 2.45) is 0 Å².